The lowest BCUT2D eigenvalue weighted by atomic mass is 9.87. The van der Waals surface area contributed by atoms with Crippen LogP contribution in [0.2, 0.25) is 0 Å². The predicted molar refractivity (Wildman–Crippen MR) is 74.2 cm³/mol. The summed E-state index contributed by atoms with van der Waals surface area (Å²) in [5.41, 5.74) is 1.21. The molecule has 1 aromatic rings. The lowest BCUT2D eigenvalue weighted by molar-refractivity contribution is 0.586. The smallest absolute Gasteiger partial charge is 0.178 e. The Hall–Kier alpha value is -0.830. The molecule has 0 N–H and O–H groups in total. The lowest BCUT2D eigenvalue weighted by Gasteiger charge is -2.19. The summed E-state index contributed by atoms with van der Waals surface area (Å²) in [6.45, 7) is 12.0. The molecule has 0 bridgehead atoms. The van der Waals surface area contributed by atoms with Gasteiger partial charge in [0.25, 0.3) is 0 Å². The van der Waals surface area contributed by atoms with Crippen LogP contribution < -0.4 is 0 Å². The molecule has 98 valence electrons. The average molecular weight is 256 g/mol. The Labute approximate surface area is 106 Å². The van der Waals surface area contributed by atoms with Crippen LogP contribution in [0.4, 0.5) is 0 Å². The van der Waals surface area contributed by atoms with Gasteiger partial charge in [-0.3, -0.25) is 0 Å². The van der Waals surface area contributed by atoms with E-state index in [9.17, 15) is 8.42 Å². The van der Waals surface area contributed by atoms with Gasteiger partial charge in [0.2, 0.25) is 0 Å². The maximum Gasteiger partial charge on any atom is 0.178 e. The number of sulfone groups is 1. The third kappa shape index (κ3) is 4.50. The molecule has 0 amide bonds. The predicted octanol–water partition coefficient (Wildman–Crippen LogP) is 3.80. The Morgan fingerprint density at radius 1 is 1.00 bits per heavy atom. The van der Waals surface area contributed by atoms with Crippen LogP contribution in [0.25, 0.3) is 0 Å². The van der Waals surface area contributed by atoms with Crippen LogP contribution >= 0.6 is 0 Å². The molecule has 0 aliphatic heterocycles. The van der Waals surface area contributed by atoms with Gasteiger partial charge < -0.3 is 0 Å². The molecule has 0 atom stereocenters. The van der Waals surface area contributed by atoms with Gasteiger partial charge in [-0.25, -0.2) is 8.42 Å². The van der Waals surface area contributed by atoms with E-state index in [-0.39, 0.29) is 11.2 Å². The molecule has 1 rings (SSSR count). The summed E-state index contributed by atoms with van der Waals surface area (Å²) >= 11 is 0. The van der Waals surface area contributed by atoms with Gasteiger partial charge >= 0.3 is 0 Å². The summed E-state index contributed by atoms with van der Waals surface area (Å²) < 4.78 is 23.1. The van der Waals surface area contributed by atoms with E-state index in [0.717, 1.165) is 5.56 Å². The Morgan fingerprint density at radius 3 is 1.71 bits per heavy atom. The van der Waals surface area contributed by atoms with Gasteiger partial charge in [0.05, 0.1) is 10.6 Å². The van der Waals surface area contributed by atoms with E-state index < -0.39 is 9.84 Å². The average Bonchev–Trinajstić information content (AvgIpc) is 2.31. The molecular formula is C14H24O2S. The van der Waals surface area contributed by atoms with Crippen LogP contribution in [0.15, 0.2) is 29.2 Å². The molecule has 0 unspecified atom stereocenters. The molecule has 0 aliphatic carbocycles. The fraction of sp³-hybridized carbons (Fsp3) is 0.571. The zero-order valence-electron chi connectivity index (χ0n) is 11.7. The second-order valence-electron chi connectivity index (χ2n) is 4.68. The topological polar surface area (TPSA) is 34.1 Å². The molecule has 2 nitrogen and oxygen atoms in total. The van der Waals surface area contributed by atoms with Gasteiger partial charge in [-0.2, -0.15) is 0 Å². The Morgan fingerprint density at radius 2 is 1.41 bits per heavy atom. The van der Waals surface area contributed by atoms with Crippen molar-refractivity contribution in [1.82, 2.24) is 0 Å². The van der Waals surface area contributed by atoms with Crippen molar-refractivity contribution in [3.63, 3.8) is 0 Å². The SMILES string of the molecule is CC.CCS(=O)(=O)c1ccc(C(C)(C)C)cc1. The van der Waals surface area contributed by atoms with Crippen molar-refractivity contribution in [2.45, 2.75) is 51.9 Å². The first-order valence-corrected chi connectivity index (χ1v) is 7.76. The van der Waals surface area contributed by atoms with Crippen LogP contribution in [0.3, 0.4) is 0 Å². The molecule has 0 spiro atoms. The first kappa shape index (κ1) is 16.2. The van der Waals surface area contributed by atoms with E-state index in [0.29, 0.717) is 4.90 Å². The largest absolute Gasteiger partial charge is 0.224 e. The highest BCUT2D eigenvalue weighted by atomic mass is 32.2. The summed E-state index contributed by atoms with van der Waals surface area (Å²) in [5, 5.41) is 0. The zero-order chi connectivity index (χ0) is 13.7. The summed E-state index contributed by atoms with van der Waals surface area (Å²) in [6, 6.07) is 7.17. The van der Waals surface area contributed by atoms with Crippen LogP contribution in [0.1, 0.15) is 47.1 Å². The first-order chi connectivity index (χ1) is 7.77. The Kier molecular flexibility index (Phi) is 5.89. The molecule has 0 saturated heterocycles. The van der Waals surface area contributed by atoms with Crippen molar-refractivity contribution in [3.8, 4) is 0 Å². The second kappa shape index (κ2) is 6.20. The van der Waals surface area contributed by atoms with Crippen molar-refractivity contribution in [2.24, 2.45) is 0 Å². The maximum absolute atomic E-state index is 11.6. The van der Waals surface area contributed by atoms with Crippen LogP contribution in [0, 0.1) is 0 Å². The molecule has 1 aromatic carbocycles. The van der Waals surface area contributed by atoms with E-state index in [2.05, 4.69) is 20.8 Å². The number of rotatable bonds is 2. The van der Waals surface area contributed by atoms with Gasteiger partial charge in [-0.1, -0.05) is 53.7 Å². The van der Waals surface area contributed by atoms with Crippen molar-refractivity contribution >= 4 is 9.84 Å². The Bertz CT molecular complexity index is 422. The van der Waals surface area contributed by atoms with E-state index >= 15 is 0 Å². The first-order valence-electron chi connectivity index (χ1n) is 6.10. The van der Waals surface area contributed by atoms with E-state index in [1.54, 1.807) is 19.1 Å². The minimum Gasteiger partial charge on any atom is -0.224 e. The van der Waals surface area contributed by atoms with Gasteiger partial charge in [0, 0.05) is 0 Å². The van der Waals surface area contributed by atoms with Crippen LogP contribution in [-0.4, -0.2) is 14.2 Å². The van der Waals surface area contributed by atoms with Crippen LogP contribution in [0.5, 0.6) is 0 Å². The van der Waals surface area contributed by atoms with E-state index in [1.807, 2.05) is 26.0 Å². The van der Waals surface area contributed by atoms with Crippen molar-refractivity contribution in [1.29, 1.82) is 0 Å². The summed E-state index contributed by atoms with van der Waals surface area (Å²) in [7, 11) is -3.06. The highest BCUT2D eigenvalue weighted by molar-refractivity contribution is 7.91. The van der Waals surface area contributed by atoms with Crippen molar-refractivity contribution < 1.29 is 8.42 Å². The van der Waals surface area contributed by atoms with E-state index in [1.165, 1.54) is 0 Å². The van der Waals surface area contributed by atoms with Gasteiger partial charge in [0.15, 0.2) is 9.84 Å². The summed E-state index contributed by atoms with van der Waals surface area (Å²) in [6.07, 6.45) is 0. The molecule has 3 heteroatoms. The molecule has 0 aromatic heterocycles. The monoisotopic (exact) mass is 256 g/mol. The maximum atomic E-state index is 11.6. The van der Waals surface area contributed by atoms with Crippen molar-refractivity contribution in [2.75, 3.05) is 5.75 Å². The van der Waals surface area contributed by atoms with Crippen LogP contribution in [-0.2, 0) is 15.3 Å². The third-order valence-corrected chi connectivity index (χ3v) is 4.21. The molecule has 0 heterocycles. The Balaban J connectivity index is 0.00000121. The molecule has 0 fully saturated rings. The highest BCUT2D eigenvalue weighted by Gasteiger charge is 2.15. The molecule has 0 radical (unpaired) electrons. The van der Waals surface area contributed by atoms with E-state index in [4.69, 9.17) is 0 Å². The number of benzene rings is 1. The van der Waals surface area contributed by atoms with Crippen molar-refractivity contribution in [3.05, 3.63) is 29.8 Å². The number of hydrogen-bond donors (Lipinski definition) is 0. The van der Waals surface area contributed by atoms with Gasteiger partial charge in [-0.05, 0) is 23.1 Å². The molecule has 0 aliphatic rings. The quantitative estimate of drug-likeness (QED) is 0.806. The van der Waals surface area contributed by atoms with Gasteiger partial charge in [0.1, 0.15) is 0 Å². The van der Waals surface area contributed by atoms with Gasteiger partial charge in [-0.15, -0.1) is 0 Å². The second-order valence-corrected chi connectivity index (χ2v) is 6.96. The normalized spacial score (nSPS) is 11.6. The minimum atomic E-state index is -3.06. The molecule has 17 heavy (non-hydrogen) atoms. The lowest BCUT2D eigenvalue weighted by Crippen LogP contribution is -2.11. The fourth-order valence-electron chi connectivity index (χ4n) is 1.33. The zero-order valence-corrected chi connectivity index (χ0v) is 12.6. The molecule has 0 saturated carbocycles. The fourth-order valence-corrected chi connectivity index (χ4v) is 2.21. The molecular weight excluding hydrogens is 232 g/mol. The minimum absolute atomic E-state index is 0.0640. The number of hydrogen-bond acceptors (Lipinski definition) is 2. The summed E-state index contributed by atoms with van der Waals surface area (Å²) in [5.74, 6) is 0.155. The summed E-state index contributed by atoms with van der Waals surface area (Å²) in [4.78, 5) is 0.415. The standard InChI is InChI=1S/C12H18O2S.C2H6/c1-5-15(13,14)11-8-6-10(7-9-11)12(2,3)4;1-2/h6-9H,5H2,1-4H3;1-2H3. The highest BCUT2D eigenvalue weighted by Crippen LogP contribution is 2.23. The third-order valence-electron chi connectivity index (χ3n) is 2.46.